The zero-order valence-corrected chi connectivity index (χ0v) is 11.9. The van der Waals surface area contributed by atoms with Crippen molar-refractivity contribution in [3.05, 3.63) is 35.9 Å². The van der Waals surface area contributed by atoms with E-state index in [-0.39, 0.29) is 11.9 Å². The van der Waals surface area contributed by atoms with E-state index < -0.39 is 0 Å². The highest BCUT2D eigenvalue weighted by Gasteiger charge is 2.14. The van der Waals surface area contributed by atoms with Crippen LogP contribution < -0.4 is 11.1 Å². The molecule has 1 amide bonds. The molecule has 0 spiro atoms. The minimum Gasteiger partial charge on any atom is -0.348 e. The van der Waals surface area contributed by atoms with Gasteiger partial charge in [0.25, 0.3) is 0 Å². The average molecular weight is 263 g/mol. The van der Waals surface area contributed by atoms with E-state index in [2.05, 4.69) is 10.2 Å². The van der Waals surface area contributed by atoms with Crippen LogP contribution in [-0.4, -0.2) is 38.0 Å². The van der Waals surface area contributed by atoms with Crippen LogP contribution in [0.25, 0.3) is 0 Å². The van der Waals surface area contributed by atoms with Crippen LogP contribution in [0.1, 0.15) is 30.9 Å². The molecule has 1 aromatic rings. The molecule has 1 atom stereocenters. The molecule has 3 N–H and O–H groups in total. The van der Waals surface area contributed by atoms with E-state index in [0.717, 1.165) is 24.9 Å². The second-order valence-electron chi connectivity index (χ2n) is 5.04. The van der Waals surface area contributed by atoms with Gasteiger partial charge in [-0.2, -0.15) is 0 Å². The third kappa shape index (κ3) is 6.36. The minimum absolute atomic E-state index is 0.0431. The summed E-state index contributed by atoms with van der Waals surface area (Å²) in [6.07, 6.45) is 2.30. The number of nitrogens with one attached hydrogen (secondary N) is 1. The topological polar surface area (TPSA) is 58.4 Å². The number of nitrogens with zero attached hydrogens (tertiary/aromatic N) is 1. The summed E-state index contributed by atoms with van der Waals surface area (Å²) in [6, 6.07) is 10.1. The van der Waals surface area contributed by atoms with Gasteiger partial charge in [0, 0.05) is 13.0 Å². The SMILES string of the molecule is CN(C)CC(NC(=O)CCCCN)c1ccccc1. The van der Waals surface area contributed by atoms with Gasteiger partial charge in [0.1, 0.15) is 0 Å². The van der Waals surface area contributed by atoms with Crippen molar-refractivity contribution in [3.63, 3.8) is 0 Å². The van der Waals surface area contributed by atoms with Crippen molar-refractivity contribution in [3.8, 4) is 0 Å². The van der Waals surface area contributed by atoms with Crippen molar-refractivity contribution in [2.24, 2.45) is 5.73 Å². The zero-order valence-electron chi connectivity index (χ0n) is 11.9. The van der Waals surface area contributed by atoms with E-state index in [1.165, 1.54) is 0 Å². The van der Waals surface area contributed by atoms with Crippen LogP contribution in [0.4, 0.5) is 0 Å². The van der Waals surface area contributed by atoms with E-state index in [0.29, 0.717) is 13.0 Å². The third-order valence-electron chi connectivity index (χ3n) is 2.94. The first-order chi connectivity index (χ1) is 9.13. The first-order valence-corrected chi connectivity index (χ1v) is 6.82. The van der Waals surface area contributed by atoms with Crippen LogP contribution in [-0.2, 0) is 4.79 Å². The fourth-order valence-electron chi connectivity index (χ4n) is 1.98. The molecule has 0 aliphatic rings. The van der Waals surface area contributed by atoms with Gasteiger partial charge < -0.3 is 16.0 Å². The third-order valence-corrected chi connectivity index (χ3v) is 2.94. The number of benzene rings is 1. The summed E-state index contributed by atoms with van der Waals surface area (Å²) in [5.74, 6) is 0.101. The molecule has 0 fully saturated rings. The summed E-state index contributed by atoms with van der Waals surface area (Å²) < 4.78 is 0. The summed E-state index contributed by atoms with van der Waals surface area (Å²) in [7, 11) is 4.02. The van der Waals surface area contributed by atoms with Gasteiger partial charge in [0.15, 0.2) is 0 Å². The second-order valence-corrected chi connectivity index (χ2v) is 5.04. The molecule has 0 aliphatic carbocycles. The molecule has 0 radical (unpaired) electrons. The Balaban J connectivity index is 2.57. The molecule has 0 aliphatic heterocycles. The molecule has 1 aromatic carbocycles. The molecule has 0 saturated carbocycles. The normalized spacial score (nSPS) is 12.4. The van der Waals surface area contributed by atoms with Crippen molar-refractivity contribution in [2.75, 3.05) is 27.2 Å². The number of unbranched alkanes of at least 4 members (excludes halogenated alkanes) is 1. The van der Waals surface area contributed by atoms with Crippen LogP contribution in [0.3, 0.4) is 0 Å². The monoisotopic (exact) mass is 263 g/mol. The number of amides is 1. The molecule has 0 bridgehead atoms. The fourth-order valence-corrected chi connectivity index (χ4v) is 1.98. The Morgan fingerprint density at radius 3 is 2.53 bits per heavy atom. The molecule has 0 heterocycles. The van der Waals surface area contributed by atoms with Gasteiger partial charge in [-0.05, 0) is 39.0 Å². The smallest absolute Gasteiger partial charge is 0.220 e. The standard InChI is InChI=1S/C15H25N3O/c1-18(2)12-14(13-8-4-3-5-9-13)17-15(19)10-6-7-11-16/h3-5,8-9,14H,6-7,10-12,16H2,1-2H3,(H,17,19). The van der Waals surface area contributed by atoms with E-state index in [1.807, 2.05) is 44.4 Å². The Bertz CT molecular complexity index is 365. The summed E-state index contributed by atoms with van der Waals surface area (Å²) >= 11 is 0. The van der Waals surface area contributed by atoms with Crippen molar-refractivity contribution in [2.45, 2.75) is 25.3 Å². The summed E-state index contributed by atoms with van der Waals surface area (Å²) in [4.78, 5) is 14.0. The first-order valence-electron chi connectivity index (χ1n) is 6.82. The molecule has 1 rings (SSSR count). The molecule has 0 aromatic heterocycles. The number of carbonyl (C=O) groups is 1. The van der Waals surface area contributed by atoms with Gasteiger partial charge in [-0.25, -0.2) is 0 Å². The van der Waals surface area contributed by atoms with Crippen molar-refractivity contribution >= 4 is 5.91 Å². The Labute approximate surface area is 116 Å². The maximum atomic E-state index is 11.9. The Kier molecular flexibility index (Phi) is 7.15. The summed E-state index contributed by atoms with van der Waals surface area (Å²) in [5, 5.41) is 3.10. The highest BCUT2D eigenvalue weighted by molar-refractivity contribution is 5.76. The fraction of sp³-hybridized carbons (Fsp3) is 0.533. The quantitative estimate of drug-likeness (QED) is 0.699. The van der Waals surface area contributed by atoms with Crippen molar-refractivity contribution < 1.29 is 4.79 Å². The lowest BCUT2D eigenvalue weighted by atomic mass is 10.1. The van der Waals surface area contributed by atoms with Crippen LogP contribution in [0.2, 0.25) is 0 Å². The highest BCUT2D eigenvalue weighted by atomic mass is 16.1. The Morgan fingerprint density at radius 1 is 1.26 bits per heavy atom. The number of nitrogens with two attached hydrogens (primary N) is 1. The average Bonchev–Trinajstić information content (AvgIpc) is 2.39. The summed E-state index contributed by atoms with van der Waals surface area (Å²) in [5.41, 5.74) is 6.58. The lowest BCUT2D eigenvalue weighted by Gasteiger charge is -2.23. The lowest BCUT2D eigenvalue weighted by molar-refractivity contribution is -0.122. The van der Waals surface area contributed by atoms with E-state index >= 15 is 0 Å². The Morgan fingerprint density at radius 2 is 1.95 bits per heavy atom. The lowest BCUT2D eigenvalue weighted by Crippen LogP contribution is -2.35. The summed E-state index contributed by atoms with van der Waals surface area (Å²) in [6.45, 7) is 1.44. The second kappa shape index (κ2) is 8.67. The number of hydrogen-bond acceptors (Lipinski definition) is 3. The van der Waals surface area contributed by atoms with Crippen LogP contribution >= 0.6 is 0 Å². The van der Waals surface area contributed by atoms with Crippen LogP contribution in [0.15, 0.2) is 30.3 Å². The van der Waals surface area contributed by atoms with Gasteiger partial charge in [0.05, 0.1) is 6.04 Å². The molecule has 106 valence electrons. The highest BCUT2D eigenvalue weighted by Crippen LogP contribution is 2.13. The van der Waals surface area contributed by atoms with Crippen LogP contribution in [0.5, 0.6) is 0 Å². The largest absolute Gasteiger partial charge is 0.348 e. The molecule has 1 unspecified atom stereocenters. The number of rotatable bonds is 8. The molecule has 4 heteroatoms. The molecular weight excluding hydrogens is 238 g/mol. The predicted molar refractivity (Wildman–Crippen MR) is 78.8 cm³/mol. The number of carbonyl (C=O) groups excluding carboxylic acids is 1. The van der Waals surface area contributed by atoms with Gasteiger partial charge in [-0.1, -0.05) is 30.3 Å². The number of hydrogen-bond donors (Lipinski definition) is 2. The molecule has 4 nitrogen and oxygen atoms in total. The Hall–Kier alpha value is -1.39. The van der Waals surface area contributed by atoms with Crippen molar-refractivity contribution in [1.82, 2.24) is 10.2 Å². The molecule has 0 saturated heterocycles. The van der Waals surface area contributed by atoms with Crippen molar-refractivity contribution in [1.29, 1.82) is 0 Å². The first kappa shape index (κ1) is 15.7. The van der Waals surface area contributed by atoms with Crippen LogP contribution in [0, 0.1) is 0 Å². The minimum atomic E-state index is 0.0431. The molecule has 19 heavy (non-hydrogen) atoms. The molecular formula is C15H25N3O. The van der Waals surface area contributed by atoms with Gasteiger partial charge in [-0.3, -0.25) is 4.79 Å². The van der Waals surface area contributed by atoms with Gasteiger partial charge in [-0.15, -0.1) is 0 Å². The maximum Gasteiger partial charge on any atom is 0.220 e. The number of likely N-dealkylation sites (N-methyl/N-ethyl adjacent to an activating group) is 1. The van der Waals surface area contributed by atoms with Gasteiger partial charge >= 0.3 is 0 Å². The predicted octanol–water partition coefficient (Wildman–Crippen LogP) is 1.53. The van der Waals surface area contributed by atoms with E-state index in [4.69, 9.17) is 5.73 Å². The zero-order chi connectivity index (χ0) is 14.1. The van der Waals surface area contributed by atoms with E-state index in [9.17, 15) is 4.79 Å². The van der Waals surface area contributed by atoms with E-state index in [1.54, 1.807) is 0 Å². The maximum absolute atomic E-state index is 11.9. The van der Waals surface area contributed by atoms with Gasteiger partial charge in [0.2, 0.25) is 5.91 Å².